The summed E-state index contributed by atoms with van der Waals surface area (Å²) in [6, 6.07) is 1.52. The normalized spacial score (nSPS) is 19.7. The summed E-state index contributed by atoms with van der Waals surface area (Å²) in [5.41, 5.74) is 3.14. The van der Waals surface area contributed by atoms with Gasteiger partial charge in [0.2, 0.25) is 0 Å². The number of carbonyl (C=O) groups excluding carboxylic acids is 1. The van der Waals surface area contributed by atoms with Crippen molar-refractivity contribution in [1.82, 2.24) is 4.98 Å². The number of aryl methyl sites for hydroxylation is 2. The maximum Gasteiger partial charge on any atom is 0.318 e. The standard InChI is InChI=1S/C19H23BrFNO2/c1-4-6-8-19(18(23)24-5-2)9-7-12-14-15(20)13(21)10-11(3)16(14)22-17(12)19/h10,22H,4-9H2,1-3H3. The molecule has 1 N–H and O–H groups in total. The van der Waals surface area contributed by atoms with E-state index < -0.39 is 5.41 Å². The van der Waals surface area contributed by atoms with Crippen molar-refractivity contribution in [3.05, 3.63) is 33.2 Å². The lowest BCUT2D eigenvalue weighted by molar-refractivity contribution is -0.150. The smallest absolute Gasteiger partial charge is 0.318 e. The Morgan fingerprint density at radius 1 is 1.46 bits per heavy atom. The Kier molecular flexibility index (Phi) is 4.73. The number of aromatic amines is 1. The van der Waals surface area contributed by atoms with E-state index in [0.29, 0.717) is 11.1 Å². The third kappa shape index (κ3) is 2.48. The van der Waals surface area contributed by atoms with Gasteiger partial charge in [-0.1, -0.05) is 19.8 Å². The molecule has 0 saturated heterocycles. The van der Waals surface area contributed by atoms with Crippen LogP contribution < -0.4 is 0 Å². The first-order valence-electron chi connectivity index (χ1n) is 8.63. The Morgan fingerprint density at radius 3 is 2.88 bits per heavy atom. The molecule has 24 heavy (non-hydrogen) atoms. The Morgan fingerprint density at radius 2 is 2.21 bits per heavy atom. The lowest BCUT2D eigenvalue weighted by Crippen LogP contribution is -2.36. The SMILES string of the molecule is CCCCC1(C(=O)OCC)CCc2c1[nH]c1c(C)cc(F)c(Br)c21. The van der Waals surface area contributed by atoms with Crippen LogP contribution >= 0.6 is 15.9 Å². The summed E-state index contributed by atoms with van der Waals surface area (Å²) < 4.78 is 20.1. The van der Waals surface area contributed by atoms with E-state index in [9.17, 15) is 9.18 Å². The number of benzene rings is 1. The number of rotatable bonds is 5. The van der Waals surface area contributed by atoms with Crippen LogP contribution in [0.5, 0.6) is 0 Å². The quantitative estimate of drug-likeness (QED) is 0.696. The van der Waals surface area contributed by atoms with Gasteiger partial charge in [-0.25, -0.2) is 4.39 Å². The first-order valence-corrected chi connectivity index (χ1v) is 9.42. The lowest BCUT2D eigenvalue weighted by Gasteiger charge is -2.27. The first kappa shape index (κ1) is 17.5. The molecule has 1 heterocycles. The molecular weight excluding hydrogens is 373 g/mol. The number of ether oxygens (including phenoxy) is 1. The fourth-order valence-corrected chi connectivity index (χ4v) is 4.50. The van der Waals surface area contributed by atoms with Gasteiger partial charge in [0.1, 0.15) is 11.2 Å². The molecule has 0 spiro atoms. The topological polar surface area (TPSA) is 42.1 Å². The molecule has 0 bridgehead atoms. The van der Waals surface area contributed by atoms with E-state index in [2.05, 4.69) is 27.8 Å². The molecule has 3 rings (SSSR count). The molecule has 5 heteroatoms. The van der Waals surface area contributed by atoms with E-state index >= 15 is 0 Å². The average Bonchev–Trinajstić information content (AvgIpc) is 3.09. The molecule has 1 aliphatic rings. The van der Waals surface area contributed by atoms with Crippen LogP contribution in [0.3, 0.4) is 0 Å². The van der Waals surface area contributed by atoms with Crippen molar-refractivity contribution in [2.24, 2.45) is 0 Å². The summed E-state index contributed by atoms with van der Waals surface area (Å²) in [5.74, 6) is -0.415. The molecule has 1 aromatic carbocycles. The highest BCUT2D eigenvalue weighted by atomic mass is 79.9. The van der Waals surface area contributed by atoms with E-state index in [4.69, 9.17) is 4.74 Å². The van der Waals surface area contributed by atoms with Crippen molar-refractivity contribution < 1.29 is 13.9 Å². The molecule has 0 amide bonds. The van der Waals surface area contributed by atoms with E-state index in [0.717, 1.165) is 59.8 Å². The van der Waals surface area contributed by atoms with Crippen molar-refractivity contribution in [3.63, 3.8) is 0 Å². The Labute approximate surface area is 150 Å². The molecule has 2 aromatic rings. The summed E-state index contributed by atoms with van der Waals surface area (Å²) in [5, 5.41) is 0.880. The number of unbranched alkanes of at least 4 members (excludes halogenated alkanes) is 1. The molecule has 3 nitrogen and oxygen atoms in total. The third-order valence-corrected chi connectivity index (χ3v) is 5.95. The molecule has 1 unspecified atom stereocenters. The van der Waals surface area contributed by atoms with Crippen LogP contribution in [-0.2, 0) is 21.4 Å². The summed E-state index contributed by atoms with van der Waals surface area (Å²) in [7, 11) is 0. The molecule has 1 aromatic heterocycles. The largest absolute Gasteiger partial charge is 0.465 e. The number of aromatic nitrogens is 1. The number of carbonyl (C=O) groups is 1. The van der Waals surface area contributed by atoms with Gasteiger partial charge < -0.3 is 9.72 Å². The van der Waals surface area contributed by atoms with Crippen LogP contribution in [0, 0.1) is 12.7 Å². The molecule has 1 atom stereocenters. The highest BCUT2D eigenvalue weighted by molar-refractivity contribution is 9.10. The Balaban J connectivity index is 2.22. The van der Waals surface area contributed by atoms with Gasteiger partial charge in [0.25, 0.3) is 0 Å². The first-order chi connectivity index (χ1) is 11.5. The number of esters is 1. The van der Waals surface area contributed by atoms with Crippen LogP contribution in [0.4, 0.5) is 4.39 Å². The van der Waals surface area contributed by atoms with Gasteiger partial charge in [-0.05, 0) is 66.2 Å². The maximum absolute atomic E-state index is 14.2. The lowest BCUT2D eigenvalue weighted by atomic mass is 9.80. The van der Waals surface area contributed by atoms with Crippen LogP contribution in [0.25, 0.3) is 10.9 Å². The minimum Gasteiger partial charge on any atom is -0.465 e. The highest BCUT2D eigenvalue weighted by Gasteiger charge is 2.48. The second-order valence-electron chi connectivity index (χ2n) is 6.62. The molecule has 0 aliphatic heterocycles. The van der Waals surface area contributed by atoms with Gasteiger partial charge in [0, 0.05) is 11.1 Å². The Hall–Kier alpha value is -1.36. The van der Waals surface area contributed by atoms with E-state index in [1.165, 1.54) is 6.07 Å². The van der Waals surface area contributed by atoms with E-state index in [1.54, 1.807) is 0 Å². The summed E-state index contributed by atoms with van der Waals surface area (Å²) >= 11 is 3.39. The maximum atomic E-state index is 14.2. The Bertz CT molecular complexity index is 798. The number of hydrogen-bond acceptors (Lipinski definition) is 2. The number of halogens is 2. The monoisotopic (exact) mass is 395 g/mol. The molecular formula is C19H23BrFNO2. The third-order valence-electron chi connectivity index (χ3n) is 5.17. The fraction of sp³-hybridized carbons (Fsp3) is 0.526. The molecule has 0 radical (unpaired) electrons. The highest BCUT2D eigenvalue weighted by Crippen LogP contribution is 2.48. The second-order valence-corrected chi connectivity index (χ2v) is 7.42. The zero-order valence-corrected chi connectivity index (χ0v) is 16.0. The molecule has 130 valence electrons. The molecule has 1 aliphatic carbocycles. The number of fused-ring (bicyclic) bond motifs is 3. The zero-order valence-electron chi connectivity index (χ0n) is 14.4. The number of nitrogens with one attached hydrogen (secondary N) is 1. The average molecular weight is 396 g/mol. The minimum atomic E-state index is -0.622. The molecule has 0 saturated carbocycles. The van der Waals surface area contributed by atoms with Gasteiger partial charge in [-0.2, -0.15) is 0 Å². The molecule has 0 fully saturated rings. The van der Waals surface area contributed by atoms with Crippen LogP contribution in [0.2, 0.25) is 0 Å². The van der Waals surface area contributed by atoms with Gasteiger partial charge in [-0.3, -0.25) is 4.79 Å². The number of hydrogen-bond donors (Lipinski definition) is 1. The van der Waals surface area contributed by atoms with Gasteiger partial charge in [0.15, 0.2) is 0 Å². The fourth-order valence-electron chi connectivity index (χ4n) is 3.95. The van der Waals surface area contributed by atoms with E-state index in [1.807, 2.05) is 13.8 Å². The van der Waals surface area contributed by atoms with Crippen molar-refractivity contribution in [3.8, 4) is 0 Å². The second kappa shape index (κ2) is 6.51. The summed E-state index contributed by atoms with van der Waals surface area (Å²) in [6.07, 6.45) is 4.24. The zero-order chi connectivity index (χ0) is 17.5. The van der Waals surface area contributed by atoms with Crippen molar-refractivity contribution >= 4 is 32.8 Å². The van der Waals surface area contributed by atoms with Gasteiger partial charge in [-0.15, -0.1) is 0 Å². The predicted octanol–water partition coefficient (Wildman–Crippen LogP) is 5.32. The van der Waals surface area contributed by atoms with Gasteiger partial charge >= 0.3 is 5.97 Å². The van der Waals surface area contributed by atoms with Crippen molar-refractivity contribution in [1.29, 1.82) is 0 Å². The van der Waals surface area contributed by atoms with Crippen LogP contribution in [0.15, 0.2) is 10.5 Å². The predicted molar refractivity (Wildman–Crippen MR) is 96.9 cm³/mol. The summed E-state index contributed by atoms with van der Waals surface area (Å²) in [6.45, 7) is 6.22. The van der Waals surface area contributed by atoms with Crippen molar-refractivity contribution in [2.75, 3.05) is 6.61 Å². The van der Waals surface area contributed by atoms with Gasteiger partial charge in [0.05, 0.1) is 16.6 Å². The number of H-pyrrole nitrogens is 1. The van der Waals surface area contributed by atoms with Crippen LogP contribution in [-0.4, -0.2) is 17.6 Å². The van der Waals surface area contributed by atoms with E-state index in [-0.39, 0.29) is 11.8 Å². The van der Waals surface area contributed by atoms with Crippen LogP contribution in [0.1, 0.15) is 56.4 Å². The minimum absolute atomic E-state index is 0.155. The summed E-state index contributed by atoms with van der Waals surface area (Å²) in [4.78, 5) is 16.3. The van der Waals surface area contributed by atoms with Crippen molar-refractivity contribution in [2.45, 2.75) is 58.3 Å².